The van der Waals surface area contributed by atoms with Crippen molar-refractivity contribution in [2.24, 2.45) is 0 Å². The van der Waals surface area contributed by atoms with Gasteiger partial charge in [0.05, 0.1) is 12.7 Å². The number of benzene rings is 2. The summed E-state index contributed by atoms with van der Waals surface area (Å²) in [5.41, 5.74) is 0.982. The Morgan fingerprint density at radius 3 is 2.33 bits per heavy atom. The zero-order chi connectivity index (χ0) is 21.0. The molecule has 3 aromatic rings. The lowest BCUT2D eigenvalue weighted by atomic mass is 9.79. The Bertz CT molecular complexity index is 1070. The Kier molecular flexibility index (Phi) is 5.65. The van der Waals surface area contributed by atoms with Gasteiger partial charge in [-0.3, -0.25) is 14.3 Å². The maximum Gasteiger partial charge on any atom is 0.276 e. The van der Waals surface area contributed by atoms with Crippen molar-refractivity contribution >= 4 is 5.91 Å². The second kappa shape index (κ2) is 8.53. The fourth-order valence-electron chi connectivity index (χ4n) is 4.31. The van der Waals surface area contributed by atoms with Crippen LogP contribution in [0.4, 0.5) is 0 Å². The van der Waals surface area contributed by atoms with Crippen molar-refractivity contribution in [3.8, 4) is 5.75 Å². The molecule has 1 saturated carbocycles. The smallest absolute Gasteiger partial charge is 0.276 e. The molecule has 1 heterocycles. The minimum Gasteiger partial charge on any atom is -0.503 e. The van der Waals surface area contributed by atoms with Crippen LogP contribution in [0.25, 0.3) is 0 Å². The van der Waals surface area contributed by atoms with Crippen molar-refractivity contribution in [2.75, 3.05) is 0 Å². The summed E-state index contributed by atoms with van der Waals surface area (Å²) >= 11 is 0. The van der Waals surface area contributed by atoms with Gasteiger partial charge < -0.3 is 10.4 Å². The first-order valence-electron chi connectivity index (χ1n) is 10.3. The molecule has 0 aliphatic heterocycles. The number of carbonyl (C=O) groups is 1. The molecule has 6 heteroatoms. The van der Waals surface area contributed by atoms with Gasteiger partial charge in [0.2, 0.25) is 0 Å². The molecule has 0 atom stereocenters. The highest BCUT2D eigenvalue weighted by Gasteiger charge is 2.36. The second-order valence-electron chi connectivity index (χ2n) is 7.91. The molecule has 0 radical (unpaired) electrons. The van der Waals surface area contributed by atoms with Gasteiger partial charge in [-0.1, -0.05) is 73.5 Å². The lowest BCUT2D eigenvalue weighted by molar-refractivity contribution is 0.0940. The largest absolute Gasteiger partial charge is 0.503 e. The zero-order valence-corrected chi connectivity index (χ0v) is 16.8. The summed E-state index contributed by atoms with van der Waals surface area (Å²) in [6.07, 6.45) is 5.57. The quantitative estimate of drug-likeness (QED) is 0.661. The summed E-state index contributed by atoms with van der Waals surface area (Å²) in [5, 5.41) is 17.2. The van der Waals surface area contributed by atoms with Crippen molar-refractivity contribution in [1.29, 1.82) is 0 Å². The van der Waals surface area contributed by atoms with Crippen LogP contribution in [0.3, 0.4) is 0 Å². The number of carbonyl (C=O) groups excluding carboxylic acids is 1. The number of aromatic nitrogens is 2. The third-order valence-corrected chi connectivity index (χ3v) is 5.87. The van der Waals surface area contributed by atoms with E-state index < -0.39 is 17.1 Å². The van der Waals surface area contributed by atoms with E-state index in [9.17, 15) is 14.7 Å². The number of hydrogen-bond acceptors (Lipinski definition) is 4. The van der Waals surface area contributed by atoms with Crippen LogP contribution in [-0.2, 0) is 18.5 Å². The highest BCUT2D eigenvalue weighted by molar-refractivity contribution is 5.92. The summed E-state index contributed by atoms with van der Waals surface area (Å²) in [7, 11) is 0. The van der Waals surface area contributed by atoms with E-state index in [1.165, 1.54) is 11.8 Å². The van der Waals surface area contributed by atoms with Gasteiger partial charge in [-0.15, -0.1) is 0 Å². The number of nitrogens with one attached hydrogen (secondary N) is 1. The average Bonchev–Trinajstić information content (AvgIpc) is 3.25. The number of amides is 1. The van der Waals surface area contributed by atoms with Crippen LogP contribution < -0.4 is 10.7 Å². The number of rotatable bonds is 6. The molecule has 0 spiro atoms. The topological polar surface area (TPSA) is 84.2 Å². The van der Waals surface area contributed by atoms with Gasteiger partial charge in [-0.05, 0) is 24.0 Å². The van der Waals surface area contributed by atoms with E-state index >= 15 is 0 Å². The minimum atomic E-state index is -0.753. The molecule has 30 heavy (non-hydrogen) atoms. The molecule has 1 aromatic heterocycles. The summed E-state index contributed by atoms with van der Waals surface area (Å²) in [4.78, 5) is 25.0. The van der Waals surface area contributed by atoms with Gasteiger partial charge in [-0.2, -0.15) is 5.10 Å². The monoisotopic (exact) mass is 403 g/mol. The van der Waals surface area contributed by atoms with Crippen molar-refractivity contribution in [3.05, 3.63) is 93.9 Å². The van der Waals surface area contributed by atoms with E-state index in [4.69, 9.17) is 0 Å². The van der Waals surface area contributed by atoms with E-state index in [0.717, 1.165) is 31.2 Å². The molecule has 1 aliphatic rings. The zero-order valence-electron chi connectivity index (χ0n) is 16.8. The van der Waals surface area contributed by atoms with Crippen molar-refractivity contribution < 1.29 is 9.90 Å². The molecule has 0 saturated heterocycles. The Labute approximate surface area is 175 Å². The summed E-state index contributed by atoms with van der Waals surface area (Å²) in [5.74, 6) is -1.05. The number of nitrogens with zero attached hydrogens (tertiary/aromatic N) is 2. The maximum absolute atomic E-state index is 12.6. The predicted octanol–water partition coefficient (Wildman–Crippen LogP) is 3.39. The van der Waals surface area contributed by atoms with Crippen LogP contribution in [0.5, 0.6) is 5.75 Å². The summed E-state index contributed by atoms with van der Waals surface area (Å²) in [6, 6.07) is 19.7. The molecule has 2 N–H and O–H groups in total. The van der Waals surface area contributed by atoms with Gasteiger partial charge in [0, 0.05) is 12.0 Å². The van der Waals surface area contributed by atoms with E-state index in [1.807, 2.05) is 48.5 Å². The van der Waals surface area contributed by atoms with Crippen LogP contribution in [0.1, 0.15) is 47.3 Å². The molecule has 2 aromatic carbocycles. The molecular formula is C24H25N3O3. The Morgan fingerprint density at radius 1 is 1.03 bits per heavy atom. The van der Waals surface area contributed by atoms with Crippen LogP contribution in [0.15, 0.2) is 71.7 Å². The second-order valence-corrected chi connectivity index (χ2v) is 7.91. The van der Waals surface area contributed by atoms with Gasteiger partial charge in [-0.25, -0.2) is 0 Å². The normalized spacial score (nSPS) is 15.1. The van der Waals surface area contributed by atoms with Gasteiger partial charge in [0.25, 0.3) is 11.3 Å². The SMILES string of the molecule is O=C(NCc1ccccc1)c1nn(CC2(c3ccccc3)CCCC2)cc(O)c1=O. The third-order valence-electron chi connectivity index (χ3n) is 5.87. The fourth-order valence-corrected chi connectivity index (χ4v) is 4.31. The lowest BCUT2D eigenvalue weighted by Crippen LogP contribution is -2.34. The van der Waals surface area contributed by atoms with Crippen LogP contribution in [0, 0.1) is 0 Å². The Balaban J connectivity index is 1.59. The Morgan fingerprint density at radius 2 is 1.67 bits per heavy atom. The van der Waals surface area contributed by atoms with Crippen LogP contribution in [-0.4, -0.2) is 20.8 Å². The van der Waals surface area contributed by atoms with E-state index in [0.29, 0.717) is 6.54 Å². The van der Waals surface area contributed by atoms with Crippen molar-refractivity contribution in [1.82, 2.24) is 15.1 Å². The summed E-state index contributed by atoms with van der Waals surface area (Å²) < 4.78 is 1.55. The maximum atomic E-state index is 12.6. The van der Waals surface area contributed by atoms with E-state index in [1.54, 1.807) is 4.68 Å². The molecule has 1 fully saturated rings. The minimum absolute atomic E-state index is 0.118. The standard InChI is InChI=1S/C24H25N3O3/c28-20-16-27(17-24(13-7-8-14-24)19-11-5-2-6-12-19)26-21(22(20)29)23(30)25-15-18-9-3-1-4-10-18/h1-6,9-12,16,28H,7-8,13-15,17H2,(H,25,30). The van der Waals surface area contributed by atoms with Gasteiger partial charge >= 0.3 is 0 Å². The van der Waals surface area contributed by atoms with Crippen molar-refractivity contribution in [3.63, 3.8) is 0 Å². The third kappa shape index (κ3) is 4.13. The number of aromatic hydroxyl groups is 1. The predicted molar refractivity (Wildman–Crippen MR) is 114 cm³/mol. The highest BCUT2D eigenvalue weighted by Crippen LogP contribution is 2.42. The van der Waals surface area contributed by atoms with E-state index in [-0.39, 0.29) is 17.7 Å². The molecule has 1 aliphatic carbocycles. The molecule has 4 rings (SSSR count). The molecule has 0 bridgehead atoms. The molecule has 154 valence electrons. The molecule has 1 amide bonds. The molecular weight excluding hydrogens is 378 g/mol. The Hall–Kier alpha value is -3.41. The lowest BCUT2D eigenvalue weighted by Gasteiger charge is -2.30. The fraction of sp³-hybridized carbons (Fsp3) is 0.292. The van der Waals surface area contributed by atoms with Gasteiger partial charge in [0.1, 0.15) is 0 Å². The first-order valence-corrected chi connectivity index (χ1v) is 10.3. The van der Waals surface area contributed by atoms with E-state index in [2.05, 4.69) is 22.5 Å². The van der Waals surface area contributed by atoms with Crippen molar-refractivity contribution in [2.45, 2.75) is 44.2 Å². The highest BCUT2D eigenvalue weighted by atomic mass is 16.3. The number of hydrogen-bond donors (Lipinski definition) is 2. The molecule has 0 unspecified atom stereocenters. The van der Waals surface area contributed by atoms with Gasteiger partial charge in [0.15, 0.2) is 11.4 Å². The first-order chi connectivity index (χ1) is 14.6. The molecule has 6 nitrogen and oxygen atoms in total. The van der Waals surface area contributed by atoms with Crippen LogP contribution in [0.2, 0.25) is 0 Å². The summed E-state index contributed by atoms with van der Waals surface area (Å²) in [6.45, 7) is 0.786. The first kappa shape index (κ1) is 19.9. The van der Waals surface area contributed by atoms with Crippen LogP contribution >= 0.6 is 0 Å². The average molecular weight is 403 g/mol.